The summed E-state index contributed by atoms with van der Waals surface area (Å²) < 4.78 is 27.3. The van der Waals surface area contributed by atoms with E-state index in [0.29, 0.717) is 28.7 Å². The molecule has 0 saturated heterocycles. The highest BCUT2D eigenvalue weighted by atomic mass is 16.5. The Balaban J connectivity index is 1.51. The van der Waals surface area contributed by atoms with E-state index in [1.807, 2.05) is 31.2 Å². The second kappa shape index (κ2) is 10.9. The molecule has 7 heteroatoms. The monoisotopic (exact) mass is 437 g/mol. The molecule has 3 aromatic rings. The Morgan fingerprint density at radius 3 is 1.88 bits per heavy atom. The summed E-state index contributed by atoms with van der Waals surface area (Å²) >= 11 is 0. The summed E-state index contributed by atoms with van der Waals surface area (Å²) in [6, 6.07) is 18.4. The van der Waals surface area contributed by atoms with Crippen molar-refractivity contribution in [3.8, 4) is 34.5 Å². The van der Waals surface area contributed by atoms with Crippen LogP contribution in [-0.2, 0) is 11.3 Å². The van der Waals surface area contributed by atoms with Gasteiger partial charge in [-0.3, -0.25) is 4.79 Å². The predicted molar refractivity (Wildman–Crippen MR) is 121 cm³/mol. The molecule has 0 aliphatic rings. The largest absolute Gasteiger partial charge is 0.496 e. The molecule has 0 radical (unpaired) electrons. The fraction of sp³-hybridized carbons (Fsp3) is 0.240. The van der Waals surface area contributed by atoms with Crippen LogP contribution in [0.4, 0.5) is 0 Å². The van der Waals surface area contributed by atoms with Crippen LogP contribution in [0, 0.1) is 6.92 Å². The summed E-state index contributed by atoms with van der Waals surface area (Å²) in [7, 11) is 4.66. The number of rotatable bonds is 10. The molecule has 3 rings (SSSR count). The van der Waals surface area contributed by atoms with Crippen LogP contribution in [0.15, 0.2) is 60.7 Å². The lowest BCUT2D eigenvalue weighted by atomic mass is 10.1. The Bertz CT molecular complexity index is 1030. The average molecular weight is 437 g/mol. The Hall–Kier alpha value is -3.87. The molecule has 0 aliphatic heterocycles. The van der Waals surface area contributed by atoms with Gasteiger partial charge in [0.1, 0.15) is 23.0 Å². The number of carbonyl (C=O) groups is 1. The number of aryl methyl sites for hydroxylation is 1. The van der Waals surface area contributed by atoms with Gasteiger partial charge in [0.15, 0.2) is 18.1 Å². The molecule has 0 atom stereocenters. The number of hydrogen-bond donors (Lipinski definition) is 1. The summed E-state index contributed by atoms with van der Waals surface area (Å²) in [5.41, 5.74) is 1.93. The van der Waals surface area contributed by atoms with E-state index in [4.69, 9.17) is 23.7 Å². The van der Waals surface area contributed by atoms with Gasteiger partial charge < -0.3 is 29.0 Å². The van der Waals surface area contributed by atoms with E-state index in [0.717, 1.165) is 11.3 Å². The van der Waals surface area contributed by atoms with Crippen LogP contribution < -0.4 is 29.0 Å². The van der Waals surface area contributed by atoms with Crippen molar-refractivity contribution < 1.29 is 28.5 Å². The maximum atomic E-state index is 12.2. The number of amides is 1. The lowest BCUT2D eigenvalue weighted by molar-refractivity contribution is -0.123. The number of hydrogen-bond acceptors (Lipinski definition) is 6. The topological polar surface area (TPSA) is 75.2 Å². The standard InChI is InChI=1S/C25H27NO6/c1-17-5-7-20(8-6-17)32-21-11-9-19(10-12-21)31-16-25(27)26-15-18-13-23(29-3)24(30-4)14-22(18)28-2/h5-14H,15-16H2,1-4H3,(H,26,27). The summed E-state index contributed by atoms with van der Waals surface area (Å²) in [5.74, 6) is 3.45. The van der Waals surface area contributed by atoms with Gasteiger partial charge in [-0.2, -0.15) is 0 Å². The minimum atomic E-state index is -0.262. The molecule has 0 unspecified atom stereocenters. The van der Waals surface area contributed by atoms with E-state index < -0.39 is 0 Å². The first-order valence-electron chi connectivity index (χ1n) is 10.1. The zero-order chi connectivity index (χ0) is 22.9. The van der Waals surface area contributed by atoms with Crippen molar-refractivity contribution in [2.75, 3.05) is 27.9 Å². The van der Waals surface area contributed by atoms with Crippen molar-refractivity contribution in [1.29, 1.82) is 0 Å². The van der Waals surface area contributed by atoms with Gasteiger partial charge in [0.25, 0.3) is 5.91 Å². The number of carbonyl (C=O) groups excluding carboxylic acids is 1. The molecule has 7 nitrogen and oxygen atoms in total. The molecule has 3 aromatic carbocycles. The molecule has 0 aromatic heterocycles. The zero-order valence-electron chi connectivity index (χ0n) is 18.6. The Morgan fingerprint density at radius 1 is 0.750 bits per heavy atom. The van der Waals surface area contributed by atoms with E-state index >= 15 is 0 Å². The van der Waals surface area contributed by atoms with Crippen LogP contribution in [0.5, 0.6) is 34.5 Å². The number of ether oxygens (including phenoxy) is 5. The Labute approximate surface area is 187 Å². The van der Waals surface area contributed by atoms with E-state index in [1.165, 1.54) is 5.56 Å². The van der Waals surface area contributed by atoms with Crippen LogP contribution in [0.2, 0.25) is 0 Å². The van der Waals surface area contributed by atoms with Gasteiger partial charge in [0, 0.05) is 18.2 Å². The molecule has 32 heavy (non-hydrogen) atoms. The molecule has 0 bridgehead atoms. The van der Waals surface area contributed by atoms with E-state index in [2.05, 4.69) is 5.32 Å². The number of methoxy groups -OCH3 is 3. The second-order valence-electron chi connectivity index (χ2n) is 6.97. The molecule has 0 fully saturated rings. The maximum absolute atomic E-state index is 12.2. The third kappa shape index (κ3) is 6.07. The smallest absolute Gasteiger partial charge is 0.258 e. The lowest BCUT2D eigenvalue weighted by Gasteiger charge is -2.14. The first-order chi connectivity index (χ1) is 15.5. The molecule has 0 aliphatic carbocycles. The van der Waals surface area contributed by atoms with Crippen LogP contribution in [0.1, 0.15) is 11.1 Å². The maximum Gasteiger partial charge on any atom is 0.258 e. The fourth-order valence-corrected chi connectivity index (χ4v) is 2.97. The molecular weight excluding hydrogens is 410 g/mol. The van der Waals surface area contributed by atoms with Gasteiger partial charge in [-0.1, -0.05) is 17.7 Å². The number of nitrogens with one attached hydrogen (secondary N) is 1. The van der Waals surface area contributed by atoms with E-state index in [1.54, 1.807) is 57.7 Å². The first-order valence-corrected chi connectivity index (χ1v) is 10.1. The molecule has 1 N–H and O–H groups in total. The molecule has 0 heterocycles. The van der Waals surface area contributed by atoms with E-state index in [-0.39, 0.29) is 19.1 Å². The predicted octanol–water partition coefficient (Wildman–Crippen LogP) is 4.51. The third-order valence-electron chi connectivity index (χ3n) is 4.71. The molecule has 168 valence electrons. The van der Waals surface area contributed by atoms with Gasteiger partial charge in [-0.15, -0.1) is 0 Å². The third-order valence-corrected chi connectivity index (χ3v) is 4.71. The highest BCUT2D eigenvalue weighted by Crippen LogP contribution is 2.34. The average Bonchev–Trinajstić information content (AvgIpc) is 2.83. The van der Waals surface area contributed by atoms with Crippen molar-refractivity contribution in [2.45, 2.75) is 13.5 Å². The molecule has 1 amide bonds. The summed E-state index contributed by atoms with van der Waals surface area (Å²) in [6.07, 6.45) is 0. The minimum Gasteiger partial charge on any atom is -0.496 e. The SMILES string of the molecule is COc1cc(OC)c(OC)cc1CNC(=O)COc1ccc(Oc2ccc(C)cc2)cc1. The normalized spacial score (nSPS) is 10.2. The van der Waals surface area contributed by atoms with Crippen LogP contribution in [0.25, 0.3) is 0 Å². The van der Waals surface area contributed by atoms with Gasteiger partial charge in [0.05, 0.1) is 21.3 Å². The van der Waals surface area contributed by atoms with E-state index in [9.17, 15) is 4.79 Å². The fourth-order valence-electron chi connectivity index (χ4n) is 2.97. The Morgan fingerprint density at radius 2 is 1.28 bits per heavy atom. The van der Waals surface area contributed by atoms with Gasteiger partial charge >= 0.3 is 0 Å². The highest BCUT2D eigenvalue weighted by Gasteiger charge is 2.13. The van der Waals surface area contributed by atoms with Crippen molar-refractivity contribution in [3.63, 3.8) is 0 Å². The summed E-state index contributed by atoms with van der Waals surface area (Å²) in [5, 5.41) is 2.82. The lowest BCUT2D eigenvalue weighted by Crippen LogP contribution is -2.28. The van der Waals surface area contributed by atoms with Crippen molar-refractivity contribution in [1.82, 2.24) is 5.32 Å². The second-order valence-corrected chi connectivity index (χ2v) is 6.97. The van der Waals surface area contributed by atoms with Crippen molar-refractivity contribution in [3.05, 3.63) is 71.8 Å². The van der Waals surface area contributed by atoms with Crippen LogP contribution in [0.3, 0.4) is 0 Å². The van der Waals surface area contributed by atoms with Crippen molar-refractivity contribution in [2.24, 2.45) is 0 Å². The van der Waals surface area contributed by atoms with Crippen LogP contribution in [-0.4, -0.2) is 33.8 Å². The quantitative estimate of drug-likeness (QED) is 0.503. The van der Waals surface area contributed by atoms with Gasteiger partial charge in [0.2, 0.25) is 0 Å². The van der Waals surface area contributed by atoms with Gasteiger partial charge in [-0.25, -0.2) is 0 Å². The molecule has 0 saturated carbocycles. The summed E-state index contributed by atoms with van der Waals surface area (Å²) in [4.78, 5) is 12.2. The Kier molecular flexibility index (Phi) is 7.80. The zero-order valence-corrected chi connectivity index (χ0v) is 18.6. The van der Waals surface area contributed by atoms with Crippen LogP contribution >= 0.6 is 0 Å². The summed E-state index contributed by atoms with van der Waals surface area (Å²) in [6.45, 7) is 2.17. The van der Waals surface area contributed by atoms with Gasteiger partial charge in [-0.05, 0) is 49.4 Å². The highest BCUT2D eigenvalue weighted by molar-refractivity contribution is 5.77. The molecular formula is C25H27NO6. The minimum absolute atomic E-state index is 0.117. The number of benzene rings is 3. The van der Waals surface area contributed by atoms with Crippen molar-refractivity contribution >= 4 is 5.91 Å². The first kappa shape index (κ1) is 22.8. The molecule has 0 spiro atoms.